The summed E-state index contributed by atoms with van der Waals surface area (Å²) in [5, 5.41) is 1.12. The Bertz CT molecular complexity index is 1830. The number of amides is 2. The van der Waals surface area contributed by atoms with Crippen molar-refractivity contribution in [2.45, 2.75) is 90.5 Å². The Hall–Kier alpha value is -4.79. The maximum atomic E-state index is 12.9. The minimum atomic E-state index is -0.539. The molecule has 0 radical (unpaired) electrons. The van der Waals surface area contributed by atoms with Crippen LogP contribution in [0.15, 0.2) is 66.7 Å². The van der Waals surface area contributed by atoms with Gasteiger partial charge in [0, 0.05) is 29.7 Å². The van der Waals surface area contributed by atoms with E-state index < -0.39 is 11.2 Å². The molecule has 9 nitrogen and oxygen atoms in total. The number of nitrogens with zero attached hydrogens (tertiary/aromatic N) is 3. The summed E-state index contributed by atoms with van der Waals surface area (Å²) in [6, 6.07) is 23.4. The summed E-state index contributed by atoms with van der Waals surface area (Å²) in [7, 11) is 0. The van der Waals surface area contributed by atoms with Crippen molar-refractivity contribution in [1.82, 2.24) is 24.8 Å². The van der Waals surface area contributed by atoms with Crippen molar-refractivity contribution in [3.8, 4) is 22.3 Å². The van der Waals surface area contributed by atoms with Gasteiger partial charge in [0.05, 0.1) is 23.1 Å². The van der Waals surface area contributed by atoms with Crippen molar-refractivity contribution in [3.63, 3.8) is 0 Å². The van der Waals surface area contributed by atoms with Crippen LogP contribution >= 0.6 is 0 Å². The van der Waals surface area contributed by atoms with Crippen LogP contribution in [0.5, 0.6) is 0 Å². The Morgan fingerprint density at radius 3 is 1.83 bits per heavy atom. The van der Waals surface area contributed by atoms with Crippen molar-refractivity contribution in [2.24, 2.45) is 0 Å². The average Bonchev–Trinajstić information content (AvgIpc) is 3.83. The lowest BCUT2D eigenvalue weighted by molar-refractivity contribution is 0.0210. The highest BCUT2D eigenvalue weighted by Crippen LogP contribution is 2.37. The van der Waals surface area contributed by atoms with Gasteiger partial charge in [-0.1, -0.05) is 36.4 Å². The number of ether oxygens (including phenoxy) is 2. The number of aromatic nitrogens is 3. The van der Waals surface area contributed by atoms with Gasteiger partial charge in [0.2, 0.25) is 0 Å². The van der Waals surface area contributed by atoms with E-state index in [1.165, 1.54) is 0 Å². The molecule has 2 N–H and O–H groups in total. The molecule has 0 spiro atoms. The predicted molar refractivity (Wildman–Crippen MR) is 189 cm³/mol. The second-order valence-corrected chi connectivity index (χ2v) is 15.1. The molecule has 0 saturated carbocycles. The molecule has 2 saturated heterocycles. The van der Waals surface area contributed by atoms with E-state index in [1.807, 2.05) is 52.5 Å². The SMILES string of the molecule is CC(C)(C)OC(=O)N1CCCC1c1cc2cc(-c3ccc(-c4ccc5nc(C6CCCN6C(=O)OC(C)(C)C)[nH]c5c4)cc3)ccc2[nH]1. The summed E-state index contributed by atoms with van der Waals surface area (Å²) in [6.07, 6.45) is 3.10. The Balaban J connectivity index is 1.08. The Labute approximate surface area is 281 Å². The summed E-state index contributed by atoms with van der Waals surface area (Å²) in [5.74, 6) is 0.801. The maximum absolute atomic E-state index is 12.9. The van der Waals surface area contributed by atoms with Crippen LogP contribution in [0.25, 0.3) is 44.2 Å². The zero-order valence-corrected chi connectivity index (χ0v) is 28.7. The molecule has 7 rings (SSSR count). The van der Waals surface area contributed by atoms with Crippen molar-refractivity contribution in [1.29, 1.82) is 0 Å². The lowest BCUT2D eigenvalue weighted by atomic mass is 9.99. The van der Waals surface area contributed by atoms with E-state index in [9.17, 15) is 9.59 Å². The number of carbonyl (C=O) groups is 2. The van der Waals surface area contributed by atoms with Crippen molar-refractivity contribution >= 4 is 34.1 Å². The van der Waals surface area contributed by atoms with Crippen LogP contribution < -0.4 is 0 Å². The molecule has 2 atom stereocenters. The first-order chi connectivity index (χ1) is 22.8. The van der Waals surface area contributed by atoms with E-state index in [0.29, 0.717) is 13.1 Å². The van der Waals surface area contributed by atoms with Gasteiger partial charge in [0.25, 0.3) is 0 Å². The number of fused-ring (bicyclic) bond motifs is 2. The quantitative estimate of drug-likeness (QED) is 0.202. The van der Waals surface area contributed by atoms with Gasteiger partial charge < -0.3 is 19.4 Å². The van der Waals surface area contributed by atoms with Crippen LogP contribution in [-0.4, -0.2) is 61.2 Å². The molecule has 5 aromatic rings. The molecule has 0 bridgehead atoms. The number of hydrogen-bond acceptors (Lipinski definition) is 5. The van der Waals surface area contributed by atoms with Crippen molar-refractivity contribution < 1.29 is 19.1 Å². The normalized spacial score (nSPS) is 18.6. The van der Waals surface area contributed by atoms with Crippen LogP contribution in [0.2, 0.25) is 0 Å². The minimum Gasteiger partial charge on any atom is -0.444 e. The molecular formula is C39H45N5O4. The summed E-state index contributed by atoms with van der Waals surface area (Å²) >= 11 is 0. The van der Waals surface area contributed by atoms with Gasteiger partial charge in [-0.2, -0.15) is 0 Å². The number of likely N-dealkylation sites (tertiary alicyclic amines) is 2. The van der Waals surface area contributed by atoms with Crippen molar-refractivity contribution in [2.75, 3.05) is 13.1 Å². The largest absolute Gasteiger partial charge is 0.444 e. The first kappa shape index (κ1) is 31.8. The average molecular weight is 648 g/mol. The topological polar surface area (TPSA) is 104 Å². The van der Waals surface area contributed by atoms with E-state index in [0.717, 1.165) is 81.4 Å². The number of H-pyrrole nitrogens is 2. The van der Waals surface area contributed by atoms with Crippen molar-refractivity contribution in [3.05, 3.63) is 78.2 Å². The Morgan fingerprint density at radius 1 is 0.667 bits per heavy atom. The highest BCUT2D eigenvalue weighted by molar-refractivity contribution is 5.87. The minimum absolute atomic E-state index is 0.0136. The molecule has 2 amide bonds. The molecule has 0 aliphatic carbocycles. The van der Waals surface area contributed by atoms with Gasteiger partial charge in [-0.3, -0.25) is 9.80 Å². The lowest BCUT2D eigenvalue weighted by Gasteiger charge is -2.28. The number of rotatable bonds is 4. The first-order valence-electron chi connectivity index (χ1n) is 17.0. The molecule has 2 unspecified atom stereocenters. The van der Waals surface area contributed by atoms with Gasteiger partial charge in [0.1, 0.15) is 17.0 Å². The zero-order valence-electron chi connectivity index (χ0n) is 28.7. The predicted octanol–water partition coefficient (Wildman–Crippen LogP) is 9.52. The maximum Gasteiger partial charge on any atom is 0.410 e. The molecule has 9 heteroatoms. The molecule has 48 heavy (non-hydrogen) atoms. The Kier molecular flexibility index (Phi) is 7.96. The second kappa shape index (κ2) is 12.0. The van der Waals surface area contributed by atoms with Crippen LogP contribution in [0.3, 0.4) is 0 Å². The summed E-state index contributed by atoms with van der Waals surface area (Å²) < 4.78 is 11.3. The number of nitrogens with one attached hydrogen (secondary N) is 2. The van der Waals surface area contributed by atoms with Crippen LogP contribution in [0.1, 0.15) is 90.8 Å². The fourth-order valence-corrected chi connectivity index (χ4v) is 6.96. The summed E-state index contributed by atoms with van der Waals surface area (Å²) in [4.78, 5) is 41.3. The molecule has 2 aromatic heterocycles. The van der Waals surface area contributed by atoms with E-state index >= 15 is 0 Å². The second-order valence-electron chi connectivity index (χ2n) is 15.1. The fraction of sp³-hybridized carbons (Fsp3) is 0.410. The van der Waals surface area contributed by atoms with Gasteiger partial charge in [-0.05, 0) is 120 Å². The van der Waals surface area contributed by atoms with E-state index in [-0.39, 0.29) is 24.3 Å². The molecule has 3 aromatic carbocycles. The van der Waals surface area contributed by atoms with Gasteiger partial charge >= 0.3 is 12.2 Å². The molecule has 2 aliphatic heterocycles. The smallest absolute Gasteiger partial charge is 0.410 e. The number of hydrogen-bond donors (Lipinski definition) is 2. The molecule has 4 heterocycles. The monoisotopic (exact) mass is 647 g/mol. The van der Waals surface area contributed by atoms with Gasteiger partial charge in [-0.25, -0.2) is 14.6 Å². The standard InChI is InChI=1S/C39H45N5O4/c1-38(2,3)47-36(45)43-19-7-9-33(43)32-23-28-21-26(15-17-29(28)40-32)24-11-13-25(14-12-24)27-16-18-30-31(22-27)42-35(41-30)34-10-8-20-44(34)37(46)48-39(4,5)6/h11-18,21-23,33-34,40H,7-10,19-20H2,1-6H3,(H,41,42). The number of carbonyl (C=O) groups excluding carboxylic acids is 2. The van der Waals surface area contributed by atoms with Gasteiger partial charge in [0.15, 0.2) is 0 Å². The van der Waals surface area contributed by atoms with Crippen LogP contribution in [0.4, 0.5) is 9.59 Å². The fourth-order valence-electron chi connectivity index (χ4n) is 6.96. The Morgan fingerprint density at radius 2 is 1.21 bits per heavy atom. The van der Waals surface area contributed by atoms with E-state index in [2.05, 4.69) is 70.6 Å². The number of imidazole rings is 1. The summed E-state index contributed by atoms with van der Waals surface area (Å²) in [5.41, 5.74) is 7.34. The zero-order chi connectivity index (χ0) is 33.8. The number of aromatic amines is 2. The highest BCUT2D eigenvalue weighted by atomic mass is 16.6. The molecular weight excluding hydrogens is 602 g/mol. The highest BCUT2D eigenvalue weighted by Gasteiger charge is 2.36. The van der Waals surface area contributed by atoms with E-state index in [4.69, 9.17) is 14.5 Å². The lowest BCUT2D eigenvalue weighted by Crippen LogP contribution is -2.36. The summed E-state index contributed by atoms with van der Waals surface area (Å²) in [6.45, 7) is 12.8. The third kappa shape index (κ3) is 6.50. The molecule has 250 valence electrons. The van der Waals surface area contributed by atoms with Crippen LogP contribution in [0, 0.1) is 0 Å². The third-order valence-electron chi connectivity index (χ3n) is 9.13. The number of benzene rings is 3. The van der Waals surface area contributed by atoms with E-state index in [1.54, 1.807) is 4.90 Å². The van der Waals surface area contributed by atoms with Gasteiger partial charge in [-0.15, -0.1) is 0 Å². The first-order valence-corrected chi connectivity index (χ1v) is 17.0. The van der Waals surface area contributed by atoms with Crippen LogP contribution in [-0.2, 0) is 9.47 Å². The third-order valence-corrected chi connectivity index (χ3v) is 9.13. The molecule has 2 fully saturated rings. The molecule has 2 aliphatic rings.